The van der Waals surface area contributed by atoms with E-state index >= 15 is 8.78 Å². The van der Waals surface area contributed by atoms with Gasteiger partial charge >= 0.3 is 0 Å². The number of fused-ring (bicyclic) bond motifs is 1. The molecule has 2 N–H and O–H groups in total. The molecular weight excluding hydrogens is 438 g/mol. The van der Waals surface area contributed by atoms with Crippen LogP contribution in [0.3, 0.4) is 0 Å². The lowest BCUT2D eigenvalue weighted by atomic mass is 9.63. The van der Waals surface area contributed by atoms with Gasteiger partial charge in [-0.25, -0.2) is 8.78 Å². The first-order valence-corrected chi connectivity index (χ1v) is 11.2. The number of anilines is 1. The third kappa shape index (κ3) is 3.57. The number of aromatic nitrogens is 4. The summed E-state index contributed by atoms with van der Waals surface area (Å²) >= 11 is 6.41. The van der Waals surface area contributed by atoms with Crippen LogP contribution in [0.4, 0.5) is 14.6 Å². The van der Waals surface area contributed by atoms with Crippen molar-refractivity contribution in [2.45, 2.75) is 45.8 Å². The van der Waals surface area contributed by atoms with E-state index in [0.717, 1.165) is 25.9 Å². The number of hydrogen-bond acceptors (Lipinski definition) is 6. The zero-order valence-corrected chi connectivity index (χ0v) is 18.9. The number of halogens is 3. The predicted molar refractivity (Wildman–Crippen MR) is 118 cm³/mol. The molecule has 2 aliphatic rings. The molecule has 0 amide bonds. The summed E-state index contributed by atoms with van der Waals surface area (Å²) in [5, 5.41) is 10.7. The quantitative estimate of drug-likeness (QED) is 0.532. The molecular formula is C22H25ClF2N6O. The lowest BCUT2D eigenvalue weighted by Crippen LogP contribution is -2.62. The van der Waals surface area contributed by atoms with Gasteiger partial charge in [0.25, 0.3) is 5.78 Å². The van der Waals surface area contributed by atoms with Crippen molar-refractivity contribution in [1.29, 1.82) is 0 Å². The highest BCUT2D eigenvalue weighted by atomic mass is 35.5. The molecule has 0 radical (unpaired) electrons. The van der Waals surface area contributed by atoms with Gasteiger partial charge in [0.2, 0.25) is 0 Å². The normalized spacial score (nSPS) is 18.6. The molecule has 170 valence electrons. The lowest BCUT2D eigenvalue weighted by Gasteiger charge is -2.53. The van der Waals surface area contributed by atoms with Crippen LogP contribution in [0.5, 0.6) is 5.75 Å². The Balaban J connectivity index is 1.52. The monoisotopic (exact) mass is 462 g/mol. The van der Waals surface area contributed by atoms with Gasteiger partial charge in [0.05, 0.1) is 17.2 Å². The van der Waals surface area contributed by atoms with Crippen molar-refractivity contribution < 1.29 is 13.5 Å². The first-order valence-electron chi connectivity index (χ1n) is 10.8. The highest BCUT2D eigenvalue weighted by molar-refractivity contribution is 6.33. The minimum Gasteiger partial charge on any atom is -0.490 e. The van der Waals surface area contributed by atoms with E-state index in [4.69, 9.17) is 16.3 Å². The van der Waals surface area contributed by atoms with E-state index in [0.29, 0.717) is 11.2 Å². The fraction of sp³-hybridized carbons (Fsp3) is 0.500. The summed E-state index contributed by atoms with van der Waals surface area (Å²) in [6.07, 6.45) is 3.08. The molecule has 1 saturated heterocycles. The second-order valence-corrected chi connectivity index (χ2v) is 9.65. The summed E-state index contributed by atoms with van der Waals surface area (Å²) in [4.78, 5) is 8.24. The second-order valence-electron chi connectivity index (χ2n) is 9.29. The van der Waals surface area contributed by atoms with Gasteiger partial charge in [-0.15, -0.1) is 0 Å². The van der Waals surface area contributed by atoms with Gasteiger partial charge < -0.3 is 15.4 Å². The molecule has 5 rings (SSSR count). The van der Waals surface area contributed by atoms with Crippen LogP contribution in [0.1, 0.15) is 33.6 Å². The van der Waals surface area contributed by atoms with Gasteiger partial charge in [-0.05, 0) is 25.7 Å². The van der Waals surface area contributed by atoms with Crippen molar-refractivity contribution >= 4 is 23.2 Å². The molecule has 1 aliphatic heterocycles. The molecule has 1 aromatic carbocycles. The SMILES string of the molecule is CC(C)[C@@H](C)Nc1c(-c2c(F)cc(OC3CC4(CNC4)C3)cc2F)c(Cl)nc2ncnn12. The largest absolute Gasteiger partial charge is 0.490 e. The minimum absolute atomic E-state index is 0.0253. The average molecular weight is 463 g/mol. The van der Waals surface area contributed by atoms with Crippen LogP contribution in [0.15, 0.2) is 18.5 Å². The predicted octanol–water partition coefficient (Wildman–Crippen LogP) is 4.31. The van der Waals surface area contributed by atoms with Gasteiger partial charge in [0.1, 0.15) is 34.7 Å². The number of ether oxygens (including phenoxy) is 1. The fourth-order valence-corrected chi connectivity index (χ4v) is 4.62. The zero-order valence-electron chi connectivity index (χ0n) is 18.1. The Bertz CT molecular complexity index is 1150. The summed E-state index contributed by atoms with van der Waals surface area (Å²) in [6.45, 7) is 8.01. The molecule has 0 bridgehead atoms. The molecule has 0 unspecified atom stereocenters. The fourth-order valence-electron chi connectivity index (χ4n) is 4.36. The van der Waals surface area contributed by atoms with E-state index in [-0.39, 0.29) is 45.9 Å². The van der Waals surface area contributed by atoms with Crippen LogP contribution in [0, 0.1) is 23.0 Å². The molecule has 1 aliphatic carbocycles. The van der Waals surface area contributed by atoms with Crippen LogP contribution in [0.25, 0.3) is 16.9 Å². The minimum atomic E-state index is -0.775. The van der Waals surface area contributed by atoms with Crippen LogP contribution in [-0.4, -0.2) is 44.8 Å². The van der Waals surface area contributed by atoms with Crippen LogP contribution in [-0.2, 0) is 0 Å². The molecule has 1 saturated carbocycles. The second kappa shape index (κ2) is 7.81. The summed E-state index contributed by atoms with van der Waals surface area (Å²) in [5.41, 5.74) is 0.128. The van der Waals surface area contributed by atoms with E-state index in [2.05, 4.69) is 25.7 Å². The maximum atomic E-state index is 15.3. The Morgan fingerprint density at radius 3 is 2.47 bits per heavy atom. The molecule has 1 spiro atoms. The summed E-state index contributed by atoms with van der Waals surface area (Å²) in [6, 6.07) is 2.39. The molecule has 2 aromatic heterocycles. The Morgan fingerprint density at radius 1 is 1.19 bits per heavy atom. The third-order valence-electron chi connectivity index (χ3n) is 6.64. The lowest BCUT2D eigenvalue weighted by molar-refractivity contribution is -0.0497. The van der Waals surface area contributed by atoms with Gasteiger partial charge in [-0.3, -0.25) is 0 Å². The molecule has 1 atom stereocenters. The van der Waals surface area contributed by atoms with Crippen molar-refractivity contribution in [3.63, 3.8) is 0 Å². The first-order chi connectivity index (χ1) is 15.3. The number of nitrogens with one attached hydrogen (secondary N) is 2. The van der Waals surface area contributed by atoms with Gasteiger partial charge in [0, 0.05) is 36.7 Å². The van der Waals surface area contributed by atoms with E-state index in [1.807, 2.05) is 20.8 Å². The zero-order chi connectivity index (χ0) is 22.6. The van der Waals surface area contributed by atoms with E-state index in [1.165, 1.54) is 23.0 Å². The first kappa shape index (κ1) is 21.3. The Kier molecular flexibility index (Phi) is 5.21. The third-order valence-corrected chi connectivity index (χ3v) is 6.91. The highest BCUT2D eigenvalue weighted by Crippen LogP contribution is 2.46. The molecule has 3 heterocycles. The average Bonchev–Trinajstić information content (AvgIpc) is 3.12. The maximum absolute atomic E-state index is 15.3. The maximum Gasteiger partial charge on any atom is 0.255 e. The molecule has 7 nitrogen and oxygen atoms in total. The Labute approximate surface area is 189 Å². The van der Waals surface area contributed by atoms with Crippen molar-refractivity contribution in [1.82, 2.24) is 24.9 Å². The van der Waals surface area contributed by atoms with E-state index < -0.39 is 11.6 Å². The topological polar surface area (TPSA) is 76.4 Å². The number of benzene rings is 1. The van der Waals surface area contributed by atoms with Crippen LogP contribution < -0.4 is 15.4 Å². The van der Waals surface area contributed by atoms with Crippen molar-refractivity contribution in [3.05, 3.63) is 35.2 Å². The number of rotatable bonds is 6. The summed E-state index contributed by atoms with van der Waals surface area (Å²) < 4.78 is 37.8. The summed E-state index contributed by atoms with van der Waals surface area (Å²) in [5.74, 6) is -0.557. The van der Waals surface area contributed by atoms with E-state index in [1.54, 1.807) is 0 Å². The van der Waals surface area contributed by atoms with Crippen molar-refractivity contribution in [2.24, 2.45) is 11.3 Å². The molecule has 2 fully saturated rings. The van der Waals surface area contributed by atoms with Gasteiger partial charge in [-0.1, -0.05) is 25.4 Å². The highest BCUT2D eigenvalue weighted by Gasteiger charge is 2.49. The van der Waals surface area contributed by atoms with Gasteiger partial charge in [0.15, 0.2) is 0 Å². The van der Waals surface area contributed by atoms with Crippen molar-refractivity contribution in [2.75, 3.05) is 18.4 Å². The Hall–Kier alpha value is -2.52. The molecule has 32 heavy (non-hydrogen) atoms. The summed E-state index contributed by atoms with van der Waals surface area (Å²) in [7, 11) is 0. The Morgan fingerprint density at radius 2 is 1.88 bits per heavy atom. The standard InChI is InChI=1S/C22H25ClF2N6O/c1-11(2)12(3)29-20-18(19(23)30-21-27-10-28-31(20)21)17-15(24)4-13(5-16(17)25)32-14-6-22(7-14)8-26-9-22/h4-5,10-12,14,26,29H,6-9H2,1-3H3/t12-/m1/s1. The molecule has 3 aromatic rings. The number of hydrogen-bond donors (Lipinski definition) is 2. The van der Waals surface area contributed by atoms with Crippen LogP contribution >= 0.6 is 11.6 Å². The van der Waals surface area contributed by atoms with E-state index in [9.17, 15) is 0 Å². The van der Waals surface area contributed by atoms with Crippen molar-refractivity contribution in [3.8, 4) is 16.9 Å². The molecule has 10 heteroatoms. The van der Waals surface area contributed by atoms with Crippen LogP contribution in [0.2, 0.25) is 5.15 Å². The number of nitrogens with zero attached hydrogens (tertiary/aromatic N) is 4. The smallest absolute Gasteiger partial charge is 0.255 e. The van der Waals surface area contributed by atoms with Gasteiger partial charge in [-0.2, -0.15) is 19.6 Å².